The van der Waals surface area contributed by atoms with E-state index >= 15 is 0 Å². The van der Waals surface area contributed by atoms with E-state index in [0.717, 1.165) is 62.7 Å². The molecule has 10 aromatic carbocycles. The molecule has 14 rings (SSSR count). The minimum atomic E-state index is -0.0393. The summed E-state index contributed by atoms with van der Waals surface area (Å²) >= 11 is 0. The third kappa shape index (κ3) is 7.19. The molecule has 0 aromatic heterocycles. The molecule has 0 N–H and O–H groups in total. The van der Waals surface area contributed by atoms with Gasteiger partial charge >= 0.3 is 0 Å². The van der Waals surface area contributed by atoms with Crippen molar-refractivity contribution in [1.29, 1.82) is 0 Å². The van der Waals surface area contributed by atoms with Gasteiger partial charge in [0, 0.05) is 55.8 Å². The topological polar surface area (TPSA) is 6.48 Å². The average Bonchev–Trinajstić information content (AvgIpc) is 3.52. The van der Waals surface area contributed by atoms with E-state index in [1.165, 1.54) is 123 Å². The van der Waals surface area contributed by atoms with Crippen molar-refractivity contribution in [3.05, 3.63) is 263 Å². The molecule has 82 heavy (non-hydrogen) atoms. The molecule has 0 heterocycles. The van der Waals surface area contributed by atoms with Crippen LogP contribution >= 0.6 is 0 Å². The zero-order valence-corrected chi connectivity index (χ0v) is 49.3. The van der Waals surface area contributed by atoms with Crippen molar-refractivity contribution in [2.24, 2.45) is 0 Å². The van der Waals surface area contributed by atoms with E-state index in [9.17, 15) is 0 Å². The molecule has 0 fully saturated rings. The van der Waals surface area contributed by atoms with Gasteiger partial charge < -0.3 is 9.80 Å². The van der Waals surface area contributed by atoms with Gasteiger partial charge in [-0.05, 0) is 224 Å². The first-order valence-corrected chi connectivity index (χ1v) is 31.0. The number of hydrogen-bond donors (Lipinski definition) is 0. The summed E-state index contributed by atoms with van der Waals surface area (Å²) in [4.78, 5) is 5.07. The smallest absolute Gasteiger partial charge is 0.0465 e. The number of rotatable bonds is 15. The summed E-state index contributed by atoms with van der Waals surface area (Å²) in [5.74, 6) is 0. The minimum absolute atomic E-state index is 0.0393. The largest absolute Gasteiger partial charge is 0.310 e. The van der Waals surface area contributed by atoms with Gasteiger partial charge in [-0.15, -0.1) is 0 Å². The van der Waals surface area contributed by atoms with Crippen molar-refractivity contribution in [2.75, 3.05) is 9.80 Å². The fraction of sp³-hybridized carbons (Fsp3) is 0.250. The van der Waals surface area contributed by atoms with Crippen LogP contribution in [0.15, 0.2) is 218 Å². The van der Waals surface area contributed by atoms with Crippen molar-refractivity contribution < 1.29 is 0 Å². The quantitative estimate of drug-likeness (QED) is 0.101. The molecule has 406 valence electrons. The summed E-state index contributed by atoms with van der Waals surface area (Å²) in [6.07, 6.45) is 8.41. The first-order chi connectivity index (χ1) is 40.2. The van der Waals surface area contributed by atoms with Crippen molar-refractivity contribution in [2.45, 2.75) is 128 Å². The molecule has 0 amide bonds. The third-order valence-electron chi connectivity index (χ3n) is 21.5. The van der Waals surface area contributed by atoms with Gasteiger partial charge in [0.05, 0.1) is 0 Å². The average molecular weight is 1070 g/mol. The summed E-state index contributed by atoms with van der Waals surface area (Å²) < 4.78 is 0. The zero-order valence-electron chi connectivity index (χ0n) is 49.3. The lowest BCUT2D eigenvalue weighted by Gasteiger charge is -2.33. The second kappa shape index (κ2) is 19.8. The number of fused-ring (bicyclic) bond motifs is 12. The van der Waals surface area contributed by atoms with Gasteiger partial charge in [-0.2, -0.15) is 0 Å². The molecule has 0 spiro atoms. The van der Waals surface area contributed by atoms with E-state index in [4.69, 9.17) is 0 Å². The Kier molecular flexibility index (Phi) is 12.5. The zero-order chi connectivity index (χ0) is 56.1. The van der Waals surface area contributed by atoms with Crippen LogP contribution in [0.3, 0.4) is 0 Å². The summed E-state index contributed by atoms with van der Waals surface area (Å²) in [5.41, 5.74) is 31.9. The first-order valence-electron chi connectivity index (χ1n) is 31.0. The molecular formula is C80H76N2. The highest BCUT2D eigenvalue weighted by atomic mass is 15.1. The summed E-state index contributed by atoms with van der Waals surface area (Å²) in [6, 6.07) is 84.6. The highest BCUT2D eigenvalue weighted by Gasteiger charge is 2.45. The maximum Gasteiger partial charge on any atom is 0.0465 e. The van der Waals surface area contributed by atoms with Gasteiger partial charge in [0.15, 0.2) is 0 Å². The molecule has 2 heteroatoms. The number of anilines is 6. The van der Waals surface area contributed by atoms with Gasteiger partial charge in [0.1, 0.15) is 0 Å². The Bertz CT molecular complexity index is 3610. The summed E-state index contributed by atoms with van der Waals surface area (Å²) in [6.45, 7) is 19.0. The van der Waals surface area contributed by atoms with Crippen molar-refractivity contribution in [3.63, 3.8) is 0 Å². The normalized spacial score (nSPS) is 15.4. The fourth-order valence-corrected chi connectivity index (χ4v) is 16.9. The third-order valence-corrected chi connectivity index (χ3v) is 21.5. The number of hydrogen-bond acceptors (Lipinski definition) is 2. The van der Waals surface area contributed by atoms with E-state index in [1.54, 1.807) is 0 Å². The Balaban J connectivity index is 0.875. The van der Waals surface area contributed by atoms with E-state index in [1.807, 2.05) is 0 Å². The Morgan fingerprint density at radius 2 is 0.402 bits per heavy atom. The van der Waals surface area contributed by atoms with Crippen LogP contribution in [0.4, 0.5) is 34.1 Å². The Morgan fingerprint density at radius 1 is 0.207 bits per heavy atom. The molecule has 10 aromatic rings. The molecule has 0 bridgehead atoms. The lowest BCUT2D eigenvalue weighted by molar-refractivity contribution is 0.490. The lowest BCUT2D eigenvalue weighted by Crippen LogP contribution is -2.24. The number of nitrogens with zero attached hydrogens (tertiary/aromatic N) is 2. The molecule has 4 aliphatic rings. The van der Waals surface area contributed by atoms with Crippen LogP contribution in [-0.2, 0) is 21.7 Å². The van der Waals surface area contributed by atoms with Crippen LogP contribution in [0.1, 0.15) is 151 Å². The highest BCUT2D eigenvalue weighted by Crippen LogP contribution is 2.59. The molecule has 0 saturated carbocycles. The van der Waals surface area contributed by atoms with Gasteiger partial charge in [0.25, 0.3) is 0 Å². The van der Waals surface area contributed by atoms with Crippen LogP contribution in [-0.4, -0.2) is 0 Å². The van der Waals surface area contributed by atoms with Crippen LogP contribution < -0.4 is 9.80 Å². The molecular weight excluding hydrogens is 989 g/mol. The molecule has 2 nitrogen and oxygen atoms in total. The van der Waals surface area contributed by atoms with Crippen LogP contribution in [0.25, 0.3) is 55.6 Å². The molecule has 0 unspecified atom stereocenters. The van der Waals surface area contributed by atoms with Crippen molar-refractivity contribution in [1.82, 2.24) is 0 Å². The summed E-state index contributed by atoms with van der Waals surface area (Å²) in [5, 5.41) is 0. The molecule has 0 radical (unpaired) electrons. The molecule has 4 aliphatic carbocycles. The molecule has 0 aliphatic heterocycles. The Labute approximate surface area is 488 Å². The Morgan fingerprint density at radius 3 is 0.622 bits per heavy atom. The van der Waals surface area contributed by atoms with Gasteiger partial charge in [-0.25, -0.2) is 0 Å². The SMILES string of the molecule is CCC1(CC)c2ccccc2-c2ccc(N(c3ccc(-c4ccc(N(c5ccc6c(c5)C(CC)(CC)c5ccccc5-6)c5ccc6c(c5)C(CC)(CC)c5ccccc5-6)cc4)cc3)c3ccc4c(c3)C(CC)(CC)c3ccccc3-4)cc21. The minimum Gasteiger partial charge on any atom is -0.310 e. The predicted octanol–water partition coefficient (Wildman–Crippen LogP) is 22.6. The standard InChI is InChI=1S/C80H76N2/c1-9-77(10-2)69-29-21-17-25-61(69)65-45-41-57(49-73(65)77)81(58-42-46-66-62-26-18-22-30-70(62)78(11-3,12-4)74(66)50-58)55-37-33-53(34-38-55)54-35-39-56(40-36-54)82(59-43-47-67-63-27-19-23-31-71(63)79(13-5,14-6)75(67)51-59)60-44-48-68-64-28-20-24-32-72(64)80(15-7,16-8)76(68)52-60/h17-52H,9-16H2,1-8H3. The maximum atomic E-state index is 2.53. The summed E-state index contributed by atoms with van der Waals surface area (Å²) in [7, 11) is 0. The van der Waals surface area contributed by atoms with Gasteiger partial charge in [-0.3, -0.25) is 0 Å². The van der Waals surface area contributed by atoms with E-state index in [0.29, 0.717) is 0 Å². The van der Waals surface area contributed by atoms with Gasteiger partial charge in [0.2, 0.25) is 0 Å². The van der Waals surface area contributed by atoms with Crippen LogP contribution in [0, 0.1) is 0 Å². The van der Waals surface area contributed by atoms with E-state index in [-0.39, 0.29) is 21.7 Å². The highest BCUT2D eigenvalue weighted by molar-refractivity contribution is 5.92. The molecule has 0 saturated heterocycles. The van der Waals surface area contributed by atoms with Crippen molar-refractivity contribution in [3.8, 4) is 55.6 Å². The monoisotopic (exact) mass is 1060 g/mol. The van der Waals surface area contributed by atoms with E-state index in [2.05, 4.69) is 284 Å². The maximum absolute atomic E-state index is 2.53. The number of benzene rings is 10. The molecule has 0 atom stereocenters. The lowest BCUT2D eigenvalue weighted by atomic mass is 9.73. The van der Waals surface area contributed by atoms with Crippen LogP contribution in [0.5, 0.6) is 0 Å². The predicted molar refractivity (Wildman–Crippen MR) is 348 cm³/mol. The van der Waals surface area contributed by atoms with Crippen molar-refractivity contribution >= 4 is 34.1 Å². The second-order valence-corrected chi connectivity index (χ2v) is 24.0. The van der Waals surface area contributed by atoms with E-state index < -0.39 is 0 Å². The van der Waals surface area contributed by atoms with Crippen LogP contribution in [0.2, 0.25) is 0 Å². The first kappa shape index (κ1) is 51.9. The Hall–Kier alpha value is -8.20. The second-order valence-electron chi connectivity index (χ2n) is 24.0. The fourth-order valence-electron chi connectivity index (χ4n) is 16.9. The van der Waals surface area contributed by atoms with Gasteiger partial charge in [-0.1, -0.05) is 201 Å².